The van der Waals surface area contributed by atoms with Gasteiger partial charge in [-0.25, -0.2) is 0 Å². The van der Waals surface area contributed by atoms with Gasteiger partial charge in [-0.3, -0.25) is 4.90 Å². The lowest BCUT2D eigenvalue weighted by molar-refractivity contribution is 0.00483. The van der Waals surface area contributed by atoms with Crippen LogP contribution in [0.5, 0.6) is 0 Å². The summed E-state index contributed by atoms with van der Waals surface area (Å²) in [6, 6.07) is 0.647. The third kappa shape index (κ3) is 3.25. The van der Waals surface area contributed by atoms with Gasteiger partial charge in [0.05, 0.1) is 13.2 Å². The van der Waals surface area contributed by atoms with E-state index < -0.39 is 0 Å². The maximum absolute atomic E-state index is 5.62. The highest BCUT2D eigenvalue weighted by molar-refractivity contribution is 4.76. The van der Waals surface area contributed by atoms with Crippen molar-refractivity contribution in [1.82, 2.24) is 4.90 Å². The lowest BCUT2D eigenvalue weighted by Crippen LogP contribution is -2.46. The van der Waals surface area contributed by atoms with Crippen molar-refractivity contribution in [3.05, 3.63) is 0 Å². The Kier molecular flexibility index (Phi) is 4.70. The third-order valence-corrected chi connectivity index (χ3v) is 2.75. The predicted octanol–water partition coefficient (Wildman–Crippen LogP) is 0.692. The van der Waals surface area contributed by atoms with Crippen LogP contribution in [0.1, 0.15) is 20.3 Å². The lowest BCUT2D eigenvalue weighted by Gasteiger charge is -2.36. The summed E-state index contributed by atoms with van der Waals surface area (Å²) >= 11 is 0. The van der Waals surface area contributed by atoms with E-state index in [-0.39, 0.29) is 0 Å². The minimum atomic E-state index is 0.647. The van der Waals surface area contributed by atoms with E-state index in [9.17, 15) is 0 Å². The van der Waals surface area contributed by atoms with Crippen LogP contribution in [0.2, 0.25) is 0 Å². The van der Waals surface area contributed by atoms with Crippen molar-refractivity contribution in [1.29, 1.82) is 0 Å². The van der Waals surface area contributed by atoms with E-state index in [0.717, 1.165) is 39.3 Å². The largest absolute Gasteiger partial charge is 0.379 e. The molecule has 78 valence electrons. The van der Waals surface area contributed by atoms with Crippen LogP contribution in [-0.4, -0.2) is 43.8 Å². The Morgan fingerprint density at radius 3 is 2.38 bits per heavy atom. The number of hydrogen-bond acceptors (Lipinski definition) is 3. The molecule has 1 aliphatic rings. The molecule has 3 heteroatoms. The normalized spacial score (nSPS) is 22.2. The first-order chi connectivity index (χ1) is 6.25. The molecule has 0 radical (unpaired) electrons. The van der Waals surface area contributed by atoms with Gasteiger partial charge in [0.1, 0.15) is 0 Å². The van der Waals surface area contributed by atoms with Crippen LogP contribution in [0, 0.1) is 5.92 Å². The molecule has 1 unspecified atom stereocenters. The van der Waals surface area contributed by atoms with Crippen molar-refractivity contribution in [3.63, 3.8) is 0 Å². The Balaban J connectivity index is 2.41. The third-order valence-electron chi connectivity index (χ3n) is 2.75. The zero-order chi connectivity index (χ0) is 9.68. The summed E-state index contributed by atoms with van der Waals surface area (Å²) in [5.41, 5.74) is 5.62. The molecule has 3 nitrogen and oxygen atoms in total. The maximum atomic E-state index is 5.62. The molecule has 1 rings (SSSR count). The van der Waals surface area contributed by atoms with Gasteiger partial charge in [-0.15, -0.1) is 0 Å². The first-order valence-electron chi connectivity index (χ1n) is 5.27. The molecule has 0 amide bonds. The monoisotopic (exact) mass is 186 g/mol. The molecular weight excluding hydrogens is 164 g/mol. The smallest absolute Gasteiger partial charge is 0.0594 e. The Morgan fingerprint density at radius 2 is 1.92 bits per heavy atom. The molecule has 1 heterocycles. The Hall–Kier alpha value is -0.120. The molecule has 0 spiro atoms. The lowest BCUT2D eigenvalue weighted by atomic mass is 9.99. The molecule has 0 aromatic carbocycles. The summed E-state index contributed by atoms with van der Waals surface area (Å²) in [6.07, 6.45) is 1.11. The van der Waals surface area contributed by atoms with E-state index in [4.69, 9.17) is 10.5 Å². The maximum Gasteiger partial charge on any atom is 0.0594 e. The average Bonchev–Trinajstić information content (AvgIpc) is 2.15. The van der Waals surface area contributed by atoms with Crippen LogP contribution in [0.25, 0.3) is 0 Å². The molecule has 1 aliphatic heterocycles. The summed E-state index contributed by atoms with van der Waals surface area (Å²) in [4.78, 5) is 2.51. The van der Waals surface area contributed by atoms with Gasteiger partial charge in [-0.1, -0.05) is 13.8 Å². The standard InChI is InChI=1S/C10H22N2O/c1-9(2)10(3-4-11)12-5-7-13-8-6-12/h9-10H,3-8,11H2,1-2H3. The molecule has 2 N–H and O–H groups in total. The van der Waals surface area contributed by atoms with Crippen molar-refractivity contribution in [2.24, 2.45) is 11.7 Å². The zero-order valence-corrected chi connectivity index (χ0v) is 8.83. The number of hydrogen-bond donors (Lipinski definition) is 1. The molecule has 1 atom stereocenters. The summed E-state index contributed by atoms with van der Waals surface area (Å²) in [7, 11) is 0. The van der Waals surface area contributed by atoms with Crippen LogP contribution in [0.4, 0.5) is 0 Å². The molecule has 1 saturated heterocycles. The predicted molar refractivity (Wildman–Crippen MR) is 54.7 cm³/mol. The first kappa shape index (κ1) is 11.0. The van der Waals surface area contributed by atoms with E-state index in [2.05, 4.69) is 18.7 Å². The van der Waals surface area contributed by atoms with Gasteiger partial charge in [-0.05, 0) is 18.9 Å². The summed E-state index contributed by atoms with van der Waals surface area (Å²) in [5, 5.41) is 0. The molecule has 1 fully saturated rings. The number of nitrogens with two attached hydrogens (primary N) is 1. The van der Waals surface area contributed by atoms with E-state index >= 15 is 0 Å². The SMILES string of the molecule is CC(C)C(CCN)N1CCOCC1. The van der Waals surface area contributed by atoms with Gasteiger partial charge in [0.15, 0.2) is 0 Å². The fourth-order valence-corrected chi connectivity index (χ4v) is 2.02. The van der Waals surface area contributed by atoms with Crippen LogP contribution >= 0.6 is 0 Å². The number of nitrogens with zero attached hydrogens (tertiary/aromatic N) is 1. The van der Waals surface area contributed by atoms with Gasteiger partial charge >= 0.3 is 0 Å². The zero-order valence-electron chi connectivity index (χ0n) is 8.83. The highest BCUT2D eigenvalue weighted by atomic mass is 16.5. The van der Waals surface area contributed by atoms with Gasteiger partial charge < -0.3 is 10.5 Å². The first-order valence-corrected chi connectivity index (χ1v) is 5.27. The number of morpholine rings is 1. The average molecular weight is 186 g/mol. The minimum Gasteiger partial charge on any atom is -0.379 e. The van der Waals surface area contributed by atoms with Crippen LogP contribution < -0.4 is 5.73 Å². The molecule has 0 aliphatic carbocycles. The van der Waals surface area contributed by atoms with Crippen LogP contribution in [0.3, 0.4) is 0 Å². The second-order valence-corrected chi connectivity index (χ2v) is 4.04. The van der Waals surface area contributed by atoms with E-state index in [1.807, 2.05) is 0 Å². The van der Waals surface area contributed by atoms with Crippen molar-refractivity contribution >= 4 is 0 Å². The van der Waals surface area contributed by atoms with E-state index in [0.29, 0.717) is 12.0 Å². The Bertz CT molecular complexity index is 133. The quantitative estimate of drug-likeness (QED) is 0.702. The topological polar surface area (TPSA) is 38.5 Å². The highest BCUT2D eigenvalue weighted by Crippen LogP contribution is 2.15. The Morgan fingerprint density at radius 1 is 1.31 bits per heavy atom. The van der Waals surface area contributed by atoms with Crippen molar-refractivity contribution < 1.29 is 4.74 Å². The van der Waals surface area contributed by atoms with Gasteiger partial charge in [0, 0.05) is 19.1 Å². The molecule has 0 bridgehead atoms. The fraction of sp³-hybridized carbons (Fsp3) is 1.00. The molecule has 13 heavy (non-hydrogen) atoms. The second-order valence-electron chi connectivity index (χ2n) is 4.04. The summed E-state index contributed by atoms with van der Waals surface area (Å²) in [5.74, 6) is 0.696. The fourth-order valence-electron chi connectivity index (χ4n) is 2.02. The number of rotatable bonds is 4. The summed E-state index contributed by atoms with van der Waals surface area (Å²) < 4.78 is 5.33. The van der Waals surface area contributed by atoms with Crippen LogP contribution in [0.15, 0.2) is 0 Å². The molecule has 0 saturated carbocycles. The van der Waals surface area contributed by atoms with Crippen molar-refractivity contribution in [2.45, 2.75) is 26.3 Å². The van der Waals surface area contributed by atoms with E-state index in [1.54, 1.807) is 0 Å². The van der Waals surface area contributed by atoms with Gasteiger partial charge in [0.25, 0.3) is 0 Å². The summed E-state index contributed by atoms with van der Waals surface area (Å²) in [6.45, 7) is 9.25. The van der Waals surface area contributed by atoms with Crippen LogP contribution in [-0.2, 0) is 4.74 Å². The molecule has 0 aromatic heterocycles. The minimum absolute atomic E-state index is 0.647. The Labute approximate surface area is 81.2 Å². The number of ether oxygens (including phenoxy) is 1. The van der Waals surface area contributed by atoms with Crippen molar-refractivity contribution in [3.8, 4) is 0 Å². The van der Waals surface area contributed by atoms with Gasteiger partial charge in [-0.2, -0.15) is 0 Å². The second kappa shape index (κ2) is 5.58. The highest BCUT2D eigenvalue weighted by Gasteiger charge is 2.22. The molecular formula is C10H22N2O. The molecule has 0 aromatic rings. The van der Waals surface area contributed by atoms with Gasteiger partial charge in [0.2, 0.25) is 0 Å². The van der Waals surface area contributed by atoms with E-state index in [1.165, 1.54) is 0 Å². The van der Waals surface area contributed by atoms with Crippen molar-refractivity contribution in [2.75, 3.05) is 32.8 Å².